The van der Waals surface area contributed by atoms with E-state index in [2.05, 4.69) is 39.3 Å². The van der Waals surface area contributed by atoms with E-state index in [4.69, 9.17) is 4.42 Å². The highest BCUT2D eigenvalue weighted by molar-refractivity contribution is 6.03. The molecular weight excluding hydrogens is 530 g/mol. The predicted octanol–water partition coefficient (Wildman–Crippen LogP) is 4.96. The van der Waals surface area contributed by atoms with Gasteiger partial charge in [-0.15, -0.1) is 0 Å². The van der Waals surface area contributed by atoms with Crippen LogP contribution in [0.2, 0.25) is 0 Å². The minimum Gasteiger partial charge on any atom is -0.434 e. The van der Waals surface area contributed by atoms with Crippen molar-refractivity contribution in [3.63, 3.8) is 0 Å². The van der Waals surface area contributed by atoms with Gasteiger partial charge in [-0.05, 0) is 69.5 Å². The third-order valence-corrected chi connectivity index (χ3v) is 8.74. The second kappa shape index (κ2) is 13.1. The van der Waals surface area contributed by atoms with Gasteiger partial charge in [0.2, 0.25) is 11.7 Å². The lowest BCUT2D eigenvalue weighted by Crippen LogP contribution is -2.62. The van der Waals surface area contributed by atoms with Gasteiger partial charge < -0.3 is 20.0 Å². The molecule has 0 radical (unpaired) electrons. The Kier molecular flexibility index (Phi) is 9.26. The molecule has 5 rings (SSSR count). The van der Waals surface area contributed by atoms with E-state index in [1.807, 2.05) is 43.3 Å². The third kappa shape index (κ3) is 6.51. The first-order valence-electron chi connectivity index (χ1n) is 15.4. The number of para-hydroxylation sites is 2. The molecule has 1 saturated heterocycles. The van der Waals surface area contributed by atoms with Gasteiger partial charge in [-0.1, -0.05) is 44.7 Å². The van der Waals surface area contributed by atoms with Crippen molar-refractivity contribution in [2.45, 2.75) is 83.3 Å². The Morgan fingerprint density at radius 3 is 2.29 bits per heavy atom. The second-order valence-corrected chi connectivity index (χ2v) is 11.9. The van der Waals surface area contributed by atoms with Crippen molar-refractivity contribution in [1.82, 2.24) is 20.5 Å². The average molecular weight is 574 g/mol. The molecule has 1 atom stereocenters. The van der Waals surface area contributed by atoms with Gasteiger partial charge in [0.1, 0.15) is 11.1 Å². The summed E-state index contributed by atoms with van der Waals surface area (Å²) < 4.78 is 5.71. The minimum absolute atomic E-state index is 0.0117. The standard InChI is InChI=1S/C33H43N5O4/c1-4-10-27(29(39)31-34-26-11-6-7-12-28(26)42-31)35-32(41)33(17-8-5-9-18-33)36-30(40)24-13-15-25(16-14-24)38-21-19-37(20-22-38)23(2)3/h6-7,11-16,23,27H,4-5,8-10,17-22H2,1-3H3,(H,35,41)(H,36,40)/t27-/m0/s1. The number of nitrogens with zero attached hydrogens (tertiary/aromatic N) is 3. The lowest BCUT2D eigenvalue weighted by molar-refractivity contribution is -0.129. The maximum atomic E-state index is 13.9. The molecule has 9 heteroatoms. The van der Waals surface area contributed by atoms with E-state index < -0.39 is 11.6 Å². The Bertz CT molecular complexity index is 1350. The van der Waals surface area contributed by atoms with Crippen molar-refractivity contribution >= 4 is 34.4 Å². The first-order valence-corrected chi connectivity index (χ1v) is 15.4. The normalized spacial score (nSPS) is 18.1. The van der Waals surface area contributed by atoms with E-state index in [1.54, 1.807) is 12.1 Å². The number of fused-ring (bicyclic) bond motifs is 1. The summed E-state index contributed by atoms with van der Waals surface area (Å²) in [5.74, 6) is -0.968. The Morgan fingerprint density at radius 1 is 0.952 bits per heavy atom. The zero-order valence-corrected chi connectivity index (χ0v) is 25.0. The molecule has 2 fully saturated rings. The van der Waals surface area contributed by atoms with Crippen LogP contribution in [-0.4, -0.2) is 71.3 Å². The SMILES string of the molecule is CCC[C@H](NC(=O)C1(NC(=O)c2ccc(N3CCN(C(C)C)CC3)cc2)CCCCC1)C(=O)c1nc2ccccc2o1. The van der Waals surface area contributed by atoms with Crippen LogP contribution in [0, 0.1) is 0 Å². The summed E-state index contributed by atoms with van der Waals surface area (Å²) in [4.78, 5) is 50.0. The maximum Gasteiger partial charge on any atom is 0.266 e. The van der Waals surface area contributed by atoms with Crippen LogP contribution < -0.4 is 15.5 Å². The molecule has 224 valence electrons. The number of benzene rings is 2. The summed E-state index contributed by atoms with van der Waals surface area (Å²) in [5, 5.41) is 6.07. The van der Waals surface area contributed by atoms with Gasteiger partial charge in [0, 0.05) is 43.5 Å². The predicted molar refractivity (Wildman–Crippen MR) is 164 cm³/mol. The molecule has 2 heterocycles. The number of piperazine rings is 1. The van der Waals surface area contributed by atoms with Crippen molar-refractivity contribution in [2.75, 3.05) is 31.1 Å². The molecule has 0 unspecified atom stereocenters. The number of oxazole rings is 1. The second-order valence-electron chi connectivity index (χ2n) is 11.9. The molecule has 2 amide bonds. The summed E-state index contributed by atoms with van der Waals surface area (Å²) in [6.07, 6.45) is 4.84. The van der Waals surface area contributed by atoms with Crippen molar-refractivity contribution in [2.24, 2.45) is 0 Å². The van der Waals surface area contributed by atoms with Gasteiger partial charge in [-0.2, -0.15) is 0 Å². The average Bonchev–Trinajstić information content (AvgIpc) is 3.45. The van der Waals surface area contributed by atoms with Gasteiger partial charge in [-0.25, -0.2) is 4.98 Å². The van der Waals surface area contributed by atoms with Gasteiger partial charge in [0.05, 0.1) is 6.04 Å². The van der Waals surface area contributed by atoms with Crippen molar-refractivity contribution in [3.05, 3.63) is 60.0 Å². The molecule has 9 nitrogen and oxygen atoms in total. The lowest BCUT2D eigenvalue weighted by atomic mass is 9.80. The number of Topliss-reactive ketones (excluding diaryl/α,β-unsaturated/α-hetero) is 1. The number of nitrogens with one attached hydrogen (secondary N) is 2. The Labute approximate surface area is 248 Å². The van der Waals surface area contributed by atoms with Crippen molar-refractivity contribution < 1.29 is 18.8 Å². The van der Waals surface area contributed by atoms with Crippen LogP contribution in [0.25, 0.3) is 11.1 Å². The number of aromatic nitrogens is 1. The number of amides is 2. The van der Waals surface area contributed by atoms with Crippen molar-refractivity contribution in [1.29, 1.82) is 0 Å². The zero-order valence-electron chi connectivity index (χ0n) is 25.0. The zero-order chi connectivity index (χ0) is 29.7. The maximum absolute atomic E-state index is 13.9. The summed E-state index contributed by atoms with van der Waals surface area (Å²) in [6.45, 7) is 10.4. The van der Waals surface area contributed by atoms with E-state index in [1.165, 1.54) is 0 Å². The molecule has 1 aliphatic heterocycles. The number of carbonyl (C=O) groups excluding carboxylic acids is 3. The first-order chi connectivity index (χ1) is 20.3. The van der Waals surface area contributed by atoms with E-state index >= 15 is 0 Å². The topological polar surface area (TPSA) is 108 Å². The molecule has 2 aliphatic rings. The van der Waals surface area contributed by atoms with Crippen LogP contribution in [0.1, 0.15) is 86.8 Å². The highest BCUT2D eigenvalue weighted by atomic mass is 16.4. The number of hydrogen-bond donors (Lipinski definition) is 2. The van der Waals surface area contributed by atoms with E-state index in [-0.39, 0.29) is 23.5 Å². The van der Waals surface area contributed by atoms with Crippen LogP contribution in [0.15, 0.2) is 52.9 Å². The molecular formula is C33H43N5O4. The Hall–Kier alpha value is -3.72. The molecule has 3 aromatic rings. The molecule has 0 bridgehead atoms. The molecule has 1 saturated carbocycles. The number of rotatable bonds is 10. The van der Waals surface area contributed by atoms with E-state index in [0.29, 0.717) is 48.4 Å². The Balaban J connectivity index is 1.28. The van der Waals surface area contributed by atoms with Gasteiger partial charge in [0.15, 0.2) is 5.58 Å². The summed E-state index contributed by atoms with van der Waals surface area (Å²) in [6, 6.07) is 14.6. The summed E-state index contributed by atoms with van der Waals surface area (Å²) in [7, 11) is 0. The summed E-state index contributed by atoms with van der Waals surface area (Å²) in [5.41, 5.74) is 1.67. The van der Waals surface area contributed by atoms with Gasteiger partial charge in [-0.3, -0.25) is 19.3 Å². The smallest absolute Gasteiger partial charge is 0.266 e. The quantitative estimate of drug-likeness (QED) is 0.330. The fourth-order valence-electron chi connectivity index (χ4n) is 6.15. The largest absolute Gasteiger partial charge is 0.434 e. The highest BCUT2D eigenvalue weighted by Gasteiger charge is 2.42. The molecule has 1 aliphatic carbocycles. The molecule has 1 aromatic heterocycles. The van der Waals surface area contributed by atoms with Crippen LogP contribution in [0.4, 0.5) is 5.69 Å². The van der Waals surface area contributed by atoms with Crippen LogP contribution in [0.3, 0.4) is 0 Å². The Morgan fingerprint density at radius 2 is 1.64 bits per heavy atom. The molecule has 2 aromatic carbocycles. The fraction of sp³-hybridized carbons (Fsp3) is 0.515. The lowest BCUT2D eigenvalue weighted by Gasteiger charge is -2.38. The minimum atomic E-state index is -1.07. The monoisotopic (exact) mass is 573 g/mol. The third-order valence-electron chi connectivity index (χ3n) is 8.74. The number of anilines is 1. The first kappa shape index (κ1) is 29.8. The number of hydrogen-bond acceptors (Lipinski definition) is 7. The van der Waals surface area contributed by atoms with Gasteiger partial charge in [0.25, 0.3) is 11.8 Å². The number of carbonyl (C=O) groups is 3. The van der Waals surface area contributed by atoms with E-state index in [9.17, 15) is 14.4 Å². The van der Waals surface area contributed by atoms with Crippen molar-refractivity contribution in [3.8, 4) is 0 Å². The summed E-state index contributed by atoms with van der Waals surface area (Å²) >= 11 is 0. The van der Waals surface area contributed by atoms with Crippen LogP contribution >= 0.6 is 0 Å². The molecule has 42 heavy (non-hydrogen) atoms. The van der Waals surface area contributed by atoms with E-state index in [0.717, 1.165) is 51.1 Å². The van der Waals surface area contributed by atoms with Gasteiger partial charge >= 0.3 is 0 Å². The van der Waals surface area contributed by atoms with Crippen LogP contribution in [-0.2, 0) is 4.79 Å². The van der Waals surface area contributed by atoms with Crippen LogP contribution in [0.5, 0.6) is 0 Å². The molecule has 2 N–H and O–H groups in total. The molecule has 0 spiro atoms. The number of ketones is 1. The highest BCUT2D eigenvalue weighted by Crippen LogP contribution is 2.30. The fourth-order valence-corrected chi connectivity index (χ4v) is 6.15.